The number of carbonyl (C=O) groups is 1. The van der Waals surface area contributed by atoms with E-state index >= 15 is 0 Å². The van der Waals surface area contributed by atoms with Crippen LogP contribution in [0.15, 0.2) is 23.3 Å². The smallest absolute Gasteiger partial charge is 0.244 e. The summed E-state index contributed by atoms with van der Waals surface area (Å²) in [5, 5.41) is 4.95. The van der Waals surface area contributed by atoms with Crippen LogP contribution in [0.1, 0.15) is 25.3 Å². The van der Waals surface area contributed by atoms with Gasteiger partial charge in [-0.15, -0.1) is 0 Å². The summed E-state index contributed by atoms with van der Waals surface area (Å²) < 4.78 is 22.8. The predicted octanol–water partition coefficient (Wildman–Crippen LogP) is 2.66. The zero-order valence-corrected chi connectivity index (χ0v) is 14.3. The molecule has 0 unspecified atom stereocenters. The number of benzene rings is 1. The van der Waals surface area contributed by atoms with Crippen molar-refractivity contribution in [3.8, 4) is 0 Å². The molecular formula is C14H16Cl2N2O3S. The van der Waals surface area contributed by atoms with Crippen LogP contribution in [0.25, 0.3) is 0 Å². The van der Waals surface area contributed by atoms with Crippen molar-refractivity contribution in [3.63, 3.8) is 0 Å². The van der Waals surface area contributed by atoms with E-state index in [2.05, 4.69) is 10.5 Å². The topological polar surface area (TPSA) is 75.6 Å². The number of hydrogen-bond acceptors (Lipinski definition) is 4. The molecule has 0 saturated carbocycles. The average molecular weight is 363 g/mol. The minimum Gasteiger partial charge on any atom is -0.273 e. The van der Waals surface area contributed by atoms with Crippen LogP contribution in [-0.2, 0) is 14.6 Å². The molecule has 1 atom stereocenters. The van der Waals surface area contributed by atoms with E-state index in [1.165, 1.54) is 0 Å². The molecule has 1 N–H and O–H groups in total. The van der Waals surface area contributed by atoms with Gasteiger partial charge < -0.3 is 0 Å². The van der Waals surface area contributed by atoms with Crippen LogP contribution < -0.4 is 5.43 Å². The fourth-order valence-electron chi connectivity index (χ4n) is 2.24. The van der Waals surface area contributed by atoms with Crippen molar-refractivity contribution < 1.29 is 13.2 Å². The van der Waals surface area contributed by atoms with Gasteiger partial charge in [-0.2, -0.15) is 5.10 Å². The van der Waals surface area contributed by atoms with E-state index in [-0.39, 0.29) is 17.4 Å². The first-order valence-corrected chi connectivity index (χ1v) is 9.42. The monoisotopic (exact) mass is 362 g/mol. The summed E-state index contributed by atoms with van der Waals surface area (Å²) in [5.41, 5.74) is 3.86. The number of nitrogens with zero attached hydrogens (tertiary/aromatic N) is 1. The average Bonchev–Trinajstić information content (AvgIpc) is 2.83. The van der Waals surface area contributed by atoms with Crippen LogP contribution in [0.4, 0.5) is 0 Å². The number of hydrogen-bond donors (Lipinski definition) is 1. The van der Waals surface area contributed by atoms with Crippen LogP contribution in [0.3, 0.4) is 0 Å². The standard InChI is InChI=1S/C14H16Cl2N2O3S/c1-2-13(9-3-4-11(15)12(16)7-9)17-18-14(19)10-5-6-22(20,21)8-10/h3-4,7,10H,2,5-6,8H2,1H3,(H,18,19)/b17-13-/t10-/m1/s1. The fraction of sp³-hybridized carbons (Fsp3) is 0.429. The Labute approximate surface area is 139 Å². The Hall–Kier alpha value is -1.11. The van der Waals surface area contributed by atoms with E-state index < -0.39 is 15.8 Å². The zero-order valence-electron chi connectivity index (χ0n) is 12.0. The maximum Gasteiger partial charge on any atom is 0.244 e. The summed E-state index contributed by atoms with van der Waals surface area (Å²) in [4.78, 5) is 12.0. The highest BCUT2D eigenvalue weighted by atomic mass is 35.5. The molecule has 2 rings (SSSR count). The molecule has 1 aromatic carbocycles. The van der Waals surface area contributed by atoms with Crippen LogP contribution in [0.5, 0.6) is 0 Å². The van der Waals surface area contributed by atoms with Gasteiger partial charge in [-0.1, -0.05) is 36.2 Å². The van der Waals surface area contributed by atoms with Crippen LogP contribution in [0, 0.1) is 5.92 Å². The molecule has 0 aromatic heterocycles. The first kappa shape index (κ1) is 17.2. The van der Waals surface area contributed by atoms with Crippen LogP contribution in [0.2, 0.25) is 10.0 Å². The maximum absolute atomic E-state index is 12.0. The highest BCUT2D eigenvalue weighted by molar-refractivity contribution is 7.91. The molecule has 1 aliphatic rings. The van der Waals surface area contributed by atoms with Crippen molar-refractivity contribution in [2.75, 3.05) is 11.5 Å². The third-order valence-corrected chi connectivity index (χ3v) is 6.00. The second-order valence-corrected chi connectivity index (χ2v) is 8.16. The third-order valence-electron chi connectivity index (χ3n) is 3.49. The molecule has 0 radical (unpaired) electrons. The Morgan fingerprint density at radius 2 is 2.09 bits per heavy atom. The molecule has 5 nitrogen and oxygen atoms in total. The zero-order chi connectivity index (χ0) is 16.3. The van der Waals surface area contributed by atoms with E-state index in [4.69, 9.17) is 23.2 Å². The van der Waals surface area contributed by atoms with Crippen molar-refractivity contribution in [2.45, 2.75) is 19.8 Å². The molecule has 22 heavy (non-hydrogen) atoms. The lowest BCUT2D eigenvalue weighted by atomic mass is 10.1. The Morgan fingerprint density at radius 1 is 1.36 bits per heavy atom. The predicted molar refractivity (Wildman–Crippen MR) is 88.2 cm³/mol. The Bertz CT molecular complexity index is 717. The second kappa shape index (κ2) is 6.98. The number of halogens is 2. The number of carbonyl (C=O) groups excluding carboxylic acids is 1. The number of hydrazone groups is 1. The molecule has 1 aliphatic heterocycles. The molecule has 0 bridgehead atoms. The van der Waals surface area contributed by atoms with E-state index in [1.807, 2.05) is 6.92 Å². The molecule has 1 aromatic rings. The van der Waals surface area contributed by atoms with Crippen molar-refractivity contribution in [1.29, 1.82) is 0 Å². The van der Waals surface area contributed by atoms with Gasteiger partial charge >= 0.3 is 0 Å². The van der Waals surface area contributed by atoms with Gasteiger partial charge in [0.1, 0.15) is 0 Å². The Balaban J connectivity index is 2.09. The number of nitrogens with one attached hydrogen (secondary N) is 1. The molecular weight excluding hydrogens is 347 g/mol. The van der Waals surface area contributed by atoms with Gasteiger partial charge in [-0.3, -0.25) is 4.79 Å². The number of rotatable bonds is 4. The first-order chi connectivity index (χ1) is 10.3. The largest absolute Gasteiger partial charge is 0.273 e. The molecule has 8 heteroatoms. The van der Waals surface area contributed by atoms with Crippen LogP contribution in [-0.4, -0.2) is 31.5 Å². The van der Waals surface area contributed by atoms with Crippen molar-refractivity contribution >= 4 is 44.7 Å². The van der Waals surface area contributed by atoms with Gasteiger partial charge in [0.15, 0.2) is 9.84 Å². The normalized spacial score (nSPS) is 20.9. The first-order valence-electron chi connectivity index (χ1n) is 6.84. The van der Waals surface area contributed by atoms with Crippen LogP contribution >= 0.6 is 23.2 Å². The molecule has 120 valence electrons. The van der Waals surface area contributed by atoms with Gasteiger partial charge in [0.2, 0.25) is 5.91 Å². The van der Waals surface area contributed by atoms with Gasteiger partial charge in [0, 0.05) is 0 Å². The van der Waals surface area contributed by atoms with Gasteiger partial charge in [-0.05, 0) is 30.5 Å². The second-order valence-electron chi connectivity index (χ2n) is 5.12. The summed E-state index contributed by atoms with van der Waals surface area (Å²) in [6, 6.07) is 5.11. The summed E-state index contributed by atoms with van der Waals surface area (Å²) in [6.07, 6.45) is 0.930. The van der Waals surface area contributed by atoms with Crippen molar-refractivity contribution in [1.82, 2.24) is 5.43 Å². The summed E-state index contributed by atoms with van der Waals surface area (Å²) in [5.74, 6) is -0.946. The van der Waals surface area contributed by atoms with E-state index in [9.17, 15) is 13.2 Å². The van der Waals surface area contributed by atoms with Crippen molar-refractivity contribution in [3.05, 3.63) is 33.8 Å². The molecule has 1 amide bonds. The van der Waals surface area contributed by atoms with E-state index in [0.717, 1.165) is 5.56 Å². The summed E-state index contributed by atoms with van der Waals surface area (Å²) in [6.45, 7) is 1.90. The van der Waals surface area contributed by atoms with Gasteiger partial charge in [-0.25, -0.2) is 13.8 Å². The van der Waals surface area contributed by atoms with Gasteiger partial charge in [0.25, 0.3) is 0 Å². The highest BCUT2D eigenvalue weighted by Gasteiger charge is 2.32. The minimum atomic E-state index is -3.09. The lowest BCUT2D eigenvalue weighted by molar-refractivity contribution is -0.124. The lowest BCUT2D eigenvalue weighted by Gasteiger charge is -2.09. The lowest BCUT2D eigenvalue weighted by Crippen LogP contribution is -2.28. The van der Waals surface area contributed by atoms with Crippen molar-refractivity contribution in [2.24, 2.45) is 11.0 Å². The summed E-state index contributed by atoms with van der Waals surface area (Å²) >= 11 is 11.8. The Morgan fingerprint density at radius 3 is 2.64 bits per heavy atom. The third kappa shape index (κ3) is 4.21. The summed E-state index contributed by atoms with van der Waals surface area (Å²) in [7, 11) is -3.09. The van der Waals surface area contributed by atoms with E-state index in [1.54, 1.807) is 18.2 Å². The Kier molecular flexibility index (Phi) is 5.47. The maximum atomic E-state index is 12.0. The molecule has 1 fully saturated rings. The SMILES string of the molecule is CC/C(=N/NC(=O)[C@@H]1CCS(=O)(=O)C1)c1ccc(Cl)c(Cl)c1. The number of amides is 1. The molecule has 0 aliphatic carbocycles. The molecule has 1 saturated heterocycles. The fourth-order valence-corrected chi connectivity index (χ4v) is 4.28. The quantitative estimate of drug-likeness (QED) is 0.660. The van der Waals surface area contributed by atoms with Gasteiger partial charge in [0.05, 0.1) is 33.2 Å². The van der Waals surface area contributed by atoms with E-state index in [0.29, 0.717) is 28.6 Å². The molecule has 1 heterocycles. The number of sulfone groups is 1. The highest BCUT2D eigenvalue weighted by Crippen LogP contribution is 2.23. The minimum absolute atomic E-state index is 0.0578. The molecule has 0 spiro atoms.